The lowest BCUT2D eigenvalue weighted by Crippen LogP contribution is -2.28. The number of imide groups is 1. The highest BCUT2D eigenvalue weighted by Crippen LogP contribution is 2.07. The molecule has 0 aromatic heterocycles. The van der Waals surface area contributed by atoms with E-state index in [9.17, 15) is 14.4 Å². The monoisotopic (exact) mass is 402 g/mol. The Hall–Kier alpha value is -1.43. The van der Waals surface area contributed by atoms with Crippen molar-refractivity contribution in [2.24, 2.45) is 23.7 Å². The number of hydrogen-bond donors (Lipinski definition) is 3. The molecule has 1 saturated heterocycles. The summed E-state index contributed by atoms with van der Waals surface area (Å²) in [6.45, 7) is 19.5. The van der Waals surface area contributed by atoms with Gasteiger partial charge in [0.2, 0.25) is 17.7 Å². The Morgan fingerprint density at radius 1 is 1.14 bits per heavy atom. The van der Waals surface area contributed by atoms with Gasteiger partial charge < -0.3 is 10.4 Å². The van der Waals surface area contributed by atoms with Crippen LogP contribution in [0.15, 0.2) is 0 Å². The Labute approximate surface area is 173 Å². The van der Waals surface area contributed by atoms with Crippen molar-refractivity contribution in [2.75, 3.05) is 13.2 Å². The van der Waals surface area contributed by atoms with E-state index in [4.69, 9.17) is 5.11 Å². The predicted octanol–water partition coefficient (Wildman–Crippen LogP) is 3.91. The van der Waals surface area contributed by atoms with E-state index in [2.05, 4.69) is 52.2 Å². The largest absolute Gasteiger partial charge is 0.396 e. The van der Waals surface area contributed by atoms with E-state index in [1.807, 2.05) is 13.8 Å². The number of carbonyl (C=O) groups is 3. The minimum absolute atomic E-state index is 0.109. The van der Waals surface area contributed by atoms with Crippen molar-refractivity contribution in [1.29, 1.82) is 0 Å². The number of carbonyl (C=O) groups excluding carboxylic acids is 3. The molecule has 0 spiro atoms. The predicted molar refractivity (Wildman–Crippen MR) is 117 cm³/mol. The maximum atomic E-state index is 11.2. The number of rotatable bonds is 7. The molecule has 3 N–H and O–H groups in total. The fraction of sp³-hybridized carbons (Fsp3) is 0.864. The van der Waals surface area contributed by atoms with Gasteiger partial charge in [0.15, 0.2) is 0 Å². The molecule has 2 unspecified atom stereocenters. The van der Waals surface area contributed by atoms with Crippen LogP contribution in [0.4, 0.5) is 0 Å². The number of hydrogen-bond acceptors (Lipinski definition) is 4. The lowest BCUT2D eigenvalue weighted by Gasteiger charge is -2.10. The second-order valence-electron chi connectivity index (χ2n) is 7.84. The molecule has 0 aromatic carbocycles. The maximum Gasteiger partial charge on any atom is 0.229 e. The van der Waals surface area contributed by atoms with Crippen molar-refractivity contribution < 1.29 is 19.5 Å². The van der Waals surface area contributed by atoms with Gasteiger partial charge in [0, 0.05) is 31.9 Å². The van der Waals surface area contributed by atoms with E-state index >= 15 is 0 Å². The maximum absolute atomic E-state index is 11.2. The van der Waals surface area contributed by atoms with Crippen molar-refractivity contribution in [2.45, 2.75) is 88.0 Å². The second-order valence-corrected chi connectivity index (χ2v) is 7.84. The smallest absolute Gasteiger partial charge is 0.229 e. The van der Waals surface area contributed by atoms with Crippen molar-refractivity contribution in [3.8, 4) is 0 Å². The molecule has 3 amide bonds. The molecule has 6 heteroatoms. The van der Waals surface area contributed by atoms with Gasteiger partial charge >= 0.3 is 0 Å². The van der Waals surface area contributed by atoms with Crippen LogP contribution in [0.1, 0.15) is 88.0 Å². The van der Waals surface area contributed by atoms with E-state index < -0.39 is 0 Å². The van der Waals surface area contributed by atoms with Crippen LogP contribution in [0, 0.1) is 23.7 Å². The summed E-state index contributed by atoms with van der Waals surface area (Å²) in [5.74, 6) is 1.49. The molecule has 0 aliphatic carbocycles. The first-order valence-corrected chi connectivity index (χ1v) is 10.7. The molecule has 1 fully saturated rings. The fourth-order valence-electron chi connectivity index (χ4n) is 1.82. The zero-order valence-corrected chi connectivity index (χ0v) is 19.7. The summed E-state index contributed by atoms with van der Waals surface area (Å²) in [7, 11) is 0. The van der Waals surface area contributed by atoms with Crippen LogP contribution in [0.5, 0.6) is 0 Å². The van der Waals surface area contributed by atoms with Crippen LogP contribution in [-0.2, 0) is 14.4 Å². The normalized spacial score (nSPS) is 16.1. The highest BCUT2D eigenvalue weighted by Gasteiger charge is 2.25. The summed E-state index contributed by atoms with van der Waals surface area (Å²) >= 11 is 0. The SMILES string of the molecule is CC.CC(C)CCO.CC1CC(=O)NC1=O.CCC(C)CNC(=O)CC(C)C. The molecule has 1 aliphatic rings. The number of amides is 3. The Kier molecular flexibility index (Phi) is 22.7. The fourth-order valence-corrected chi connectivity index (χ4v) is 1.82. The van der Waals surface area contributed by atoms with Crippen LogP contribution >= 0.6 is 0 Å². The van der Waals surface area contributed by atoms with Crippen molar-refractivity contribution in [3.63, 3.8) is 0 Å². The molecule has 6 nitrogen and oxygen atoms in total. The van der Waals surface area contributed by atoms with Crippen molar-refractivity contribution in [3.05, 3.63) is 0 Å². The Bertz CT molecular complexity index is 409. The van der Waals surface area contributed by atoms with E-state index in [0.29, 0.717) is 37.2 Å². The van der Waals surface area contributed by atoms with Gasteiger partial charge in [0.1, 0.15) is 0 Å². The van der Waals surface area contributed by atoms with E-state index in [0.717, 1.165) is 19.4 Å². The van der Waals surface area contributed by atoms with Crippen LogP contribution in [0.2, 0.25) is 0 Å². The third-order valence-electron chi connectivity index (χ3n) is 3.85. The lowest BCUT2D eigenvalue weighted by atomic mass is 10.1. The van der Waals surface area contributed by atoms with E-state index in [1.165, 1.54) is 0 Å². The van der Waals surface area contributed by atoms with Gasteiger partial charge in [0.05, 0.1) is 0 Å². The Morgan fingerprint density at radius 3 is 1.89 bits per heavy atom. The van der Waals surface area contributed by atoms with E-state index in [1.54, 1.807) is 6.92 Å². The average molecular weight is 403 g/mol. The summed E-state index contributed by atoms with van der Waals surface area (Å²) in [5.41, 5.74) is 0. The summed E-state index contributed by atoms with van der Waals surface area (Å²) in [6, 6.07) is 0. The van der Waals surface area contributed by atoms with Crippen LogP contribution in [-0.4, -0.2) is 36.0 Å². The third kappa shape index (κ3) is 22.6. The van der Waals surface area contributed by atoms with Crippen molar-refractivity contribution in [1.82, 2.24) is 10.6 Å². The van der Waals surface area contributed by atoms with Crippen molar-refractivity contribution >= 4 is 17.7 Å². The van der Waals surface area contributed by atoms with Crippen LogP contribution in [0.3, 0.4) is 0 Å². The summed E-state index contributed by atoms with van der Waals surface area (Å²) < 4.78 is 0. The molecule has 0 radical (unpaired) electrons. The first kappa shape index (κ1) is 31.3. The van der Waals surface area contributed by atoms with Crippen LogP contribution in [0.25, 0.3) is 0 Å². The summed E-state index contributed by atoms with van der Waals surface area (Å²) in [6.07, 6.45) is 3.07. The van der Waals surface area contributed by atoms with Gasteiger partial charge in [-0.05, 0) is 24.2 Å². The first-order chi connectivity index (χ1) is 13.0. The highest BCUT2D eigenvalue weighted by atomic mass is 16.3. The number of nitrogens with one attached hydrogen (secondary N) is 2. The number of aliphatic hydroxyl groups is 1. The van der Waals surface area contributed by atoms with Gasteiger partial charge in [-0.15, -0.1) is 0 Å². The second kappa shape index (κ2) is 20.3. The Morgan fingerprint density at radius 2 is 1.68 bits per heavy atom. The number of aliphatic hydroxyl groups excluding tert-OH is 1. The van der Waals surface area contributed by atoms with Gasteiger partial charge in [-0.1, -0.05) is 68.7 Å². The Balaban J connectivity index is -0.000000338. The zero-order valence-electron chi connectivity index (χ0n) is 19.7. The minimum Gasteiger partial charge on any atom is -0.396 e. The average Bonchev–Trinajstić information content (AvgIpc) is 2.90. The quantitative estimate of drug-likeness (QED) is 0.563. The summed E-state index contributed by atoms with van der Waals surface area (Å²) in [4.78, 5) is 31.9. The molecule has 2 atom stereocenters. The summed E-state index contributed by atoms with van der Waals surface area (Å²) in [5, 5.41) is 13.4. The zero-order chi connectivity index (χ0) is 22.7. The van der Waals surface area contributed by atoms with E-state index in [-0.39, 0.29) is 23.6 Å². The molecule has 168 valence electrons. The standard InChI is InChI=1S/C10H21NO.C5H7NO2.C5H12O.C2H6/c1-5-9(4)7-11-10(12)6-8(2)3;1-3-2-4(7)6-5(3)8;1-5(2)3-4-6;1-2/h8-9H,5-7H2,1-4H3,(H,11,12);3H,2H2,1H3,(H,6,7,8);5-6H,3-4H2,1-2H3;1-2H3. The molecule has 0 aromatic rings. The topological polar surface area (TPSA) is 95.5 Å². The lowest BCUT2D eigenvalue weighted by molar-refractivity contribution is -0.126. The molecule has 0 saturated carbocycles. The minimum atomic E-state index is -0.150. The molecular formula is C22H46N2O4. The van der Waals surface area contributed by atoms with Gasteiger partial charge in [-0.3, -0.25) is 19.7 Å². The van der Waals surface area contributed by atoms with Crippen LogP contribution < -0.4 is 10.6 Å². The third-order valence-corrected chi connectivity index (χ3v) is 3.85. The van der Waals surface area contributed by atoms with Gasteiger partial charge in [-0.2, -0.15) is 0 Å². The first-order valence-electron chi connectivity index (χ1n) is 10.7. The van der Waals surface area contributed by atoms with Gasteiger partial charge in [-0.25, -0.2) is 0 Å². The molecule has 1 aliphatic heterocycles. The molecule has 28 heavy (non-hydrogen) atoms. The molecule has 1 heterocycles. The van der Waals surface area contributed by atoms with Gasteiger partial charge in [0.25, 0.3) is 0 Å². The molecule has 0 bridgehead atoms. The molecular weight excluding hydrogens is 356 g/mol. The molecule has 1 rings (SSSR count). The highest BCUT2D eigenvalue weighted by molar-refractivity contribution is 6.03.